The first kappa shape index (κ1) is 17.7. The number of nitrogens with one attached hydrogen (secondary N) is 1. The first-order chi connectivity index (χ1) is 12.6. The van der Waals surface area contributed by atoms with Gasteiger partial charge in [-0.15, -0.1) is 0 Å². The van der Waals surface area contributed by atoms with Crippen LogP contribution >= 0.6 is 0 Å². The van der Waals surface area contributed by atoms with Crippen LogP contribution in [-0.2, 0) is 13.0 Å². The Morgan fingerprint density at radius 1 is 1.00 bits per heavy atom. The number of ether oxygens (including phenoxy) is 2. The first-order valence-electron chi connectivity index (χ1n) is 8.22. The van der Waals surface area contributed by atoms with Gasteiger partial charge in [-0.05, 0) is 49.4 Å². The fourth-order valence-electron chi connectivity index (χ4n) is 2.64. The molecule has 26 heavy (non-hydrogen) atoms. The normalized spacial score (nSPS) is 10.6. The van der Waals surface area contributed by atoms with Crippen molar-refractivity contribution in [3.63, 3.8) is 0 Å². The summed E-state index contributed by atoms with van der Waals surface area (Å²) in [6.45, 7) is 2.17. The Morgan fingerprint density at radius 3 is 2.50 bits per heavy atom. The van der Waals surface area contributed by atoms with Crippen LogP contribution in [0.4, 0.5) is 0 Å². The Labute approximate surface area is 151 Å². The number of carbonyl (C=O) groups excluding carboxylic acids is 1. The van der Waals surface area contributed by atoms with Crippen LogP contribution in [0.5, 0.6) is 11.5 Å². The number of aryl methyl sites for hydroxylation is 1. The molecule has 0 radical (unpaired) electrons. The number of hydrogen-bond donors (Lipinski definition) is 1. The smallest absolute Gasteiger partial charge is 0.287 e. The zero-order valence-corrected chi connectivity index (χ0v) is 15.0. The lowest BCUT2D eigenvalue weighted by atomic mass is 10.1. The SMILES string of the molecule is COc1ccc(OC)c(Cc2ccc(C(=O)NCc3ccc(C)o3)o2)c1. The molecule has 0 unspecified atom stereocenters. The van der Waals surface area contributed by atoms with Crippen LogP contribution in [0, 0.1) is 6.92 Å². The molecular formula is C20H21NO5. The summed E-state index contributed by atoms with van der Waals surface area (Å²) in [6, 6.07) is 12.7. The third-order valence-corrected chi connectivity index (χ3v) is 3.96. The Balaban J connectivity index is 1.67. The molecule has 3 rings (SSSR count). The monoisotopic (exact) mass is 355 g/mol. The summed E-state index contributed by atoms with van der Waals surface area (Å²) in [7, 11) is 3.23. The van der Waals surface area contributed by atoms with Gasteiger partial charge in [0.1, 0.15) is 28.8 Å². The second-order valence-corrected chi connectivity index (χ2v) is 5.82. The predicted octanol–water partition coefficient (Wildman–Crippen LogP) is 3.72. The molecule has 0 atom stereocenters. The number of rotatable bonds is 7. The van der Waals surface area contributed by atoms with E-state index in [0.29, 0.717) is 24.5 Å². The van der Waals surface area contributed by atoms with Gasteiger partial charge in [0.2, 0.25) is 0 Å². The molecule has 3 aromatic rings. The largest absolute Gasteiger partial charge is 0.497 e. The van der Waals surface area contributed by atoms with Crippen molar-refractivity contribution in [3.8, 4) is 11.5 Å². The Hall–Kier alpha value is -3.15. The van der Waals surface area contributed by atoms with Crippen molar-refractivity contribution in [2.45, 2.75) is 19.9 Å². The molecule has 6 nitrogen and oxygen atoms in total. The van der Waals surface area contributed by atoms with Gasteiger partial charge in [0.05, 0.1) is 20.8 Å². The first-order valence-corrected chi connectivity index (χ1v) is 8.22. The molecule has 1 N–H and O–H groups in total. The quantitative estimate of drug-likeness (QED) is 0.699. The molecule has 0 fully saturated rings. The summed E-state index contributed by atoms with van der Waals surface area (Å²) in [5.41, 5.74) is 0.916. The van der Waals surface area contributed by atoms with Gasteiger partial charge in [0, 0.05) is 12.0 Å². The van der Waals surface area contributed by atoms with Crippen LogP contribution in [0.1, 0.15) is 33.4 Å². The zero-order chi connectivity index (χ0) is 18.5. The summed E-state index contributed by atoms with van der Waals surface area (Å²) in [5, 5.41) is 2.78. The van der Waals surface area contributed by atoms with Crippen molar-refractivity contribution < 1.29 is 23.1 Å². The molecule has 2 aromatic heterocycles. The van der Waals surface area contributed by atoms with Crippen molar-refractivity contribution in [1.82, 2.24) is 5.32 Å². The minimum absolute atomic E-state index is 0.255. The fourth-order valence-corrected chi connectivity index (χ4v) is 2.64. The van der Waals surface area contributed by atoms with Crippen LogP contribution < -0.4 is 14.8 Å². The molecule has 0 aliphatic carbocycles. The average Bonchev–Trinajstić information content (AvgIpc) is 3.28. The minimum Gasteiger partial charge on any atom is -0.497 e. The van der Waals surface area contributed by atoms with Crippen LogP contribution in [-0.4, -0.2) is 20.1 Å². The highest BCUT2D eigenvalue weighted by Gasteiger charge is 2.14. The van der Waals surface area contributed by atoms with Gasteiger partial charge >= 0.3 is 0 Å². The molecule has 136 valence electrons. The molecule has 0 bridgehead atoms. The number of methoxy groups -OCH3 is 2. The van der Waals surface area contributed by atoms with E-state index in [1.54, 1.807) is 26.4 Å². The average molecular weight is 355 g/mol. The van der Waals surface area contributed by atoms with Crippen molar-refractivity contribution in [3.05, 3.63) is 71.1 Å². The van der Waals surface area contributed by atoms with Gasteiger partial charge < -0.3 is 23.6 Å². The maximum absolute atomic E-state index is 12.2. The van der Waals surface area contributed by atoms with Crippen LogP contribution in [0.2, 0.25) is 0 Å². The van der Waals surface area contributed by atoms with Crippen molar-refractivity contribution in [2.24, 2.45) is 0 Å². The van der Waals surface area contributed by atoms with E-state index in [1.165, 1.54) is 0 Å². The molecule has 0 aliphatic heterocycles. The molecule has 0 saturated carbocycles. The highest BCUT2D eigenvalue weighted by Crippen LogP contribution is 2.27. The number of carbonyl (C=O) groups is 1. The van der Waals surface area contributed by atoms with Gasteiger partial charge in [-0.25, -0.2) is 0 Å². The molecule has 0 saturated heterocycles. The third-order valence-electron chi connectivity index (χ3n) is 3.96. The summed E-state index contributed by atoms with van der Waals surface area (Å²) in [4.78, 5) is 12.2. The number of amides is 1. The number of hydrogen-bond acceptors (Lipinski definition) is 5. The standard InChI is InChI=1S/C20H21NO5/c1-13-4-5-17(25-13)12-21-20(22)19-9-7-16(26-19)11-14-10-15(23-2)6-8-18(14)24-3/h4-10H,11-12H2,1-3H3,(H,21,22). The van der Waals surface area contributed by atoms with Crippen LogP contribution in [0.25, 0.3) is 0 Å². The summed E-state index contributed by atoms with van der Waals surface area (Å²) in [5.74, 6) is 3.61. The van der Waals surface area contributed by atoms with Gasteiger partial charge in [-0.2, -0.15) is 0 Å². The second kappa shape index (κ2) is 7.82. The van der Waals surface area contributed by atoms with Crippen molar-refractivity contribution >= 4 is 5.91 Å². The Bertz CT molecular complexity index is 893. The van der Waals surface area contributed by atoms with E-state index in [4.69, 9.17) is 18.3 Å². The summed E-state index contributed by atoms with van der Waals surface area (Å²) in [6.07, 6.45) is 0.491. The lowest BCUT2D eigenvalue weighted by Gasteiger charge is -2.09. The summed E-state index contributed by atoms with van der Waals surface area (Å²) < 4.78 is 21.7. The van der Waals surface area contributed by atoms with Crippen molar-refractivity contribution in [2.75, 3.05) is 14.2 Å². The molecule has 1 amide bonds. The van der Waals surface area contributed by atoms with Crippen LogP contribution in [0.3, 0.4) is 0 Å². The summed E-state index contributed by atoms with van der Waals surface area (Å²) >= 11 is 0. The van der Waals surface area contributed by atoms with Crippen molar-refractivity contribution in [1.29, 1.82) is 0 Å². The molecule has 2 heterocycles. The van der Waals surface area contributed by atoms with E-state index < -0.39 is 0 Å². The molecular weight excluding hydrogens is 334 g/mol. The van der Waals surface area contributed by atoms with E-state index in [2.05, 4.69) is 5.32 Å². The van der Waals surface area contributed by atoms with Gasteiger partial charge in [0.25, 0.3) is 5.91 Å². The van der Waals surface area contributed by atoms with E-state index >= 15 is 0 Å². The number of benzene rings is 1. The zero-order valence-electron chi connectivity index (χ0n) is 15.0. The maximum Gasteiger partial charge on any atom is 0.287 e. The Morgan fingerprint density at radius 2 is 1.81 bits per heavy atom. The van der Waals surface area contributed by atoms with E-state index in [9.17, 15) is 4.79 Å². The number of furan rings is 2. The lowest BCUT2D eigenvalue weighted by molar-refractivity contribution is 0.0918. The van der Waals surface area contributed by atoms with Gasteiger partial charge in [0.15, 0.2) is 5.76 Å². The Kier molecular flexibility index (Phi) is 5.31. The molecule has 6 heteroatoms. The topological polar surface area (TPSA) is 73.8 Å². The van der Waals surface area contributed by atoms with E-state index in [1.807, 2.05) is 37.3 Å². The van der Waals surface area contributed by atoms with Crippen LogP contribution in [0.15, 0.2) is 51.3 Å². The molecule has 1 aromatic carbocycles. The fraction of sp³-hybridized carbons (Fsp3) is 0.250. The third kappa shape index (κ3) is 4.08. The minimum atomic E-state index is -0.289. The molecule has 0 spiro atoms. The highest BCUT2D eigenvalue weighted by atomic mass is 16.5. The van der Waals surface area contributed by atoms with Gasteiger partial charge in [-0.1, -0.05) is 0 Å². The van der Waals surface area contributed by atoms with E-state index in [0.717, 1.165) is 22.8 Å². The second-order valence-electron chi connectivity index (χ2n) is 5.82. The molecule has 0 aliphatic rings. The van der Waals surface area contributed by atoms with Gasteiger partial charge in [-0.3, -0.25) is 4.79 Å². The van der Waals surface area contributed by atoms with E-state index in [-0.39, 0.29) is 11.7 Å². The highest BCUT2D eigenvalue weighted by molar-refractivity contribution is 5.91. The lowest BCUT2D eigenvalue weighted by Crippen LogP contribution is -2.21. The predicted molar refractivity (Wildman–Crippen MR) is 95.7 cm³/mol. The maximum atomic E-state index is 12.2.